The Balaban J connectivity index is 0.965. The predicted octanol–water partition coefficient (Wildman–Crippen LogP) is 26.2. The van der Waals surface area contributed by atoms with Crippen LogP contribution in [0.15, 0.2) is 218 Å². The molecule has 2 aliphatic carbocycles. The van der Waals surface area contributed by atoms with Crippen LogP contribution in [0.3, 0.4) is 0 Å². The van der Waals surface area contributed by atoms with Crippen LogP contribution in [0.4, 0.5) is 0 Å². The van der Waals surface area contributed by atoms with Crippen LogP contribution >= 0.6 is 0 Å². The Morgan fingerprint density at radius 1 is 0.261 bits per heavy atom. The highest BCUT2D eigenvalue weighted by atomic mass is 14.7. The van der Waals surface area contributed by atoms with Crippen LogP contribution in [-0.2, 0) is 10.8 Å². The summed E-state index contributed by atoms with van der Waals surface area (Å²) in [6.45, 7) is 9.42. The molecule has 0 bridgehead atoms. The second kappa shape index (κ2) is 28.8. The van der Waals surface area contributed by atoms with Crippen LogP contribution in [0.25, 0.3) is 113 Å². The van der Waals surface area contributed by atoms with E-state index in [9.17, 15) is 0 Å². The van der Waals surface area contributed by atoms with Crippen molar-refractivity contribution >= 4 is 46.1 Å². The molecule has 0 radical (unpaired) electrons. The van der Waals surface area contributed by atoms with Gasteiger partial charge in [-0.05, 0) is 199 Å². The third-order valence-electron chi connectivity index (χ3n) is 20.7. The van der Waals surface area contributed by atoms with Crippen molar-refractivity contribution in [1.82, 2.24) is 9.97 Å². The summed E-state index contributed by atoms with van der Waals surface area (Å²) in [6, 6.07) is 82.9. The fraction of sp³-hybridized carbons (Fsp3) is 0.289. The standard InChI is InChI=1S/C90H92N2/c1-5-9-13-27-55-89(56-28-14-10-6-2)83-61-69(65-31-19-17-20-32-65)43-51-77(83)78-52-44-70(62-84(78)89)71-45-53-79-80-54-46-74(64-86(80)90(85(79)63-71,57-29-15-11-7-3)58-30-16-12-8-4)82-60-72(41-49-75-47-39-67-35-23-25-37-87(67)91-75)81(66-33-21-18-22-34-66)59-73(82)42-50-76-48-40-68-36-24-26-38-88(68)92-76/h17-26,31-54,59-64H,5-16,27-30,55-58H2,1-4H3/b49-41+,50-42+. The molecular weight excluding hydrogens is 1110 g/mol. The first-order valence-corrected chi connectivity index (χ1v) is 35.4. The summed E-state index contributed by atoms with van der Waals surface area (Å²) >= 11 is 0. The van der Waals surface area contributed by atoms with Gasteiger partial charge in [0.1, 0.15) is 0 Å². The monoisotopic (exact) mass is 1200 g/mol. The zero-order chi connectivity index (χ0) is 62.7. The summed E-state index contributed by atoms with van der Waals surface area (Å²) in [5.41, 5.74) is 28.0. The third-order valence-corrected chi connectivity index (χ3v) is 20.7. The summed E-state index contributed by atoms with van der Waals surface area (Å²) in [6.07, 6.45) is 33.6. The average Bonchev–Trinajstić information content (AvgIpc) is 1.56. The van der Waals surface area contributed by atoms with Crippen LogP contribution < -0.4 is 0 Å². The Bertz CT molecular complexity index is 4380. The van der Waals surface area contributed by atoms with Crippen molar-refractivity contribution in [2.45, 2.75) is 167 Å². The first kappa shape index (κ1) is 62.1. The molecule has 92 heavy (non-hydrogen) atoms. The highest BCUT2D eigenvalue weighted by molar-refractivity contribution is 5.94. The van der Waals surface area contributed by atoms with E-state index in [-0.39, 0.29) is 10.8 Å². The van der Waals surface area contributed by atoms with E-state index < -0.39 is 0 Å². The lowest BCUT2D eigenvalue weighted by molar-refractivity contribution is 0.401. The number of rotatable bonds is 28. The van der Waals surface area contributed by atoms with E-state index in [0.717, 1.165) is 57.2 Å². The summed E-state index contributed by atoms with van der Waals surface area (Å²) < 4.78 is 0. The minimum atomic E-state index is -0.152. The van der Waals surface area contributed by atoms with Gasteiger partial charge in [0, 0.05) is 21.6 Å². The second-order valence-corrected chi connectivity index (χ2v) is 26.7. The van der Waals surface area contributed by atoms with Gasteiger partial charge in [0.25, 0.3) is 0 Å². The second-order valence-electron chi connectivity index (χ2n) is 26.7. The lowest BCUT2D eigenvalue weighted by atomic mass is 9.69. The maximum atomic E-state index is 5.15. The highest BCUT2D eigenvalue weighted by Gasteiger charge is 2.45. The number of aromatic nitrogens is 2. The first-order valence-electron chi connectivity index (χ1n) is 35.4. The molecule has 2 heteroatoms. The van der Waals surface area contributed by atoms with Crippen molar-refractivity contribution in [2.24, 2.45) is 0 Å². The lowest BCUT2D eigenvalue weighted by Gasteiger charge is -2.34. The Hall–Kier alpha value is -8.72. The van der Waals surface area contributed by atoms with Crippen LogP contribution in [0, 0.1) is 0 Å². The molecule has 0 aliphatic heterocycles. The Labute approximate surface area is 549 Å². The van der Waals surface area contributed by atoms with E-state index in [4.69, 9.17) is 9.97 Å². The van der Waals surface area contributed by atoms with Gasteiger partial charge in [0.15, 0.2) is 0 Å². The molecule has 2 aliphatic rings. The third kappa shape index (κ3) is 12.9. The van der Waals surface area contributed by atoms with Gasteiger partial charge in [-0.1, -0.05) is 300 Å². The van der Waals surface area contributed by atoms with Crippen LogP contribution in [0.5, 0.6) is 0 Å². The van der Waals surface area contributed by atoms with E-state index >= 15 is 0 Å². The number of hydrogen-bond acceptors (Lipinski definition) is 2. The van der Waals surface area contributed by atoms with E-state index in [2.05, 4.69) is 270 Å². The summed E-state index contributed by atoms with van der Waals surface area (Å²) in [4.78, 5) is 10.3. The van der Waals surface area contributed by atoms with Gasteiger partial charge in [-0.15, -0.1) is 0 Å². The lowest BCUT2D eigenvalue weighted by Crippen LogP contribution is -2.26. The molecule has 2 nitrogen and oxygen atoms in total. The molecule has 2 heterocycles. The van der Waals surface area contributed by atoms with Crippen LogP contribution in [0.2, 0.25) is 0 Å². The smallest absolute Gasteiger partial charge is 0.0709 e. The quantitative estimate of drug-likeness (QED) is 0.0457. The highest BCUT2D eigenvalue weighted by Crippen LogP contribution is 2.59. The minimum Gasteiger partial charge on any atom is -0.248 e. The van der Waals surface area contributed by atoms with Gasteiger partial charge in [0.05, 0.1) is 22.4 Å². The van der Waals surface area contributed by atoms with Crippen molar-refractivity contribution in [3.63, 3.8) is 0 Å². The molecule has 462 valence electrons. The van der Waals surface area contributed by atoms with Gasteiger partial charge in [-0.2, -0.15) is 0 Å². The normalized spacial score (nSPS) is 13.5. The number of fused-ring (bicyclic) bond motifs is 8. The molecule has 0 spiro atoms. The molecule has 0 amide bonds. The molecule has 0 atom stereocenters. The van der Waals surface area contributed by atoms with Crippen molar-refractivity contribution in [3.8, 4) is 66.8 Å². The fourth-order valence-electron chi connectivity index (χ4n) is 15.8. The van der Waals surface area contributed by atoms with E-state index in [0.29, 0.717) is 0 Å². The molecule has 0 saturated heterocycles. The molecule has 0 unspecified atom stereocenters. The average molecular weight is 1200 g/mol. The largest absolute Gasteiger partial charge is 0.248 e. The van der Waals surface area contributed by atoms with Crippen molar-refractivity contribution in [3.05, 3.63) is 263 Å². The van der Waals surface area contributed by atoms with E-state index in [1.807, 2.05) is 0 Å². The van der Waals surface area contributed by atoms with Gasteiger partial charge in [-0.3, -0.25) is 0 Å². The fourth-order valence-corrected chi connectivity index (χ4v) is 15.8. The maximum absolute atomic E-state index is 5.15. The Morgan fingerprint density at radius 3 is 1.00 bits per heavy atom. The topological polar surface area (TPSA) is 25.8 Å². The number of hydrogen-bond donors (Lipinski definition) is 0. The molecule has 0 saturated carbocycles. The van der Waals surface area contributed by atoms with Gasteiger partial charge >= 0.3 is 0 Å². The van der Waals surface area contributed by atoms with E-state index in [1.165, 1.54) is 193 Å². The molecule has 11 aromatic rings. The zero-order valence-corrected chi connectivity index (χ0v) is 55.1. The van der Waals surface area contributed by atoms with Gasteiger partial charge in [-0.25, -0.2) is 9.97 Å². The first-order chi connectivity index (χ1) is 45.4. The molecule has 9 aromatic carbocycles. The Morgan fingerprint density at radius 2 is 0.598 bits per heavy atom. The summed E-state index contributed by atoms with van der Waals surface area (Å²) in [5.74, 6) is 0. The zero-order valence-electron chi connectivity index (χ0n) is 55.1. The SMILES string of the molecule is CCCCCCC1(CCCCCC)c2cc(-c3ccccc3)ccc2-c2ccc(-c3ccc4c(c3)C(CCCCCC)(CCCCCC)c3cc(-c5cc(/C=C/c6ccc7ccccc7n6)c(-c6ccccc6)cc5/C=C/c5ccc6ccccc6n5)ccc3-4)cc21. The van der Waals surface area contributed by atoms with Crippen molar-refractivity contribution in [1.29, 1.82) is 0 Å². The van der Waals surface area contributed by atoms with Gasteiger partial charge in [0.2, 0.25) is 0 Å². The number of benzene rings is 9. The number of pyridine rings is 2. The summed E-state index contributed by atoms with van der Waals surface area (Å²) in [7, 11) is 0. The molecule has 0 fully saturated rings. The van der Waals surface area contributed by atoms with Crippen LogP contribution in [-0.4, -0.2) is 9.97 Å². The van der Waals surface area contributed by atoms with Crippen molar-refractivity contribution in [2.75, 3.05) is 0 Å². The van der Waals surface area contributed by atoms with Crippen molar-refractivity contribution < 1.29 is 0 Å². The van der Waals surface area contributed by atoms with Crippen LogP contribution in [0.1, 0.15) is 201 Å². The molecule has 2 aromatic heterocycles. The van der Waals surface area contributed by atoms with E-state index in [1.54, 1.807) is 11.1 Å². The number of para-hydroxylation sites is 2. The molecule has 13 rings (SSSR count). The maximum Gasteiger partial charge on any atom is 0.0709 e. The molecular formula is C90H92N2. The summed E-state index contributed by atoms with van der Waals surface area (Å²) in [5, 5.41) is 2.29. The molecule has 0 N–H and O–H groups in total. The number of nitrogens with zero attached hydrogens (tertiary/aromatic N) is 2. The predicted molar refractivity (Wildman–Crippen MR) is 397 cm³/mol. The minimum absolute atomic E-state index is 0.0407. The number of unbranched alkanes of at least 4 members (excludes halogenated alkanes) is 12. The Kier molecular flexibility index (Phi) is 19.5. The van der Waals surface area contributed by atoms with Gasteiger partial charge < -0.3 is 0 Å².